The number of benzene rings is 1. The molecule has 0 aliphatic heterocycles. The first-order valence-electron chi connectivity index (χ1n) is 6.94. The van der Waals surface area contributed by atoms with Crippen LogP contribution in [-0.4, -0.2) is 11.0 Å². The maximum atomic E-state index is 11.0. The molecule has 0 saturated heterocycles. The third-order valence-corrected chi connectivity index (χ3v) is 3.86. The van der Waals surface area contributed by atoms with Crippen molar-refractivity contribution < 1.29 is 4.92 Å². The van der Waals surface area contributed by atoms with E-state index in [4.69, 9.17) is 5.26 Å². The van der Waals surface area contributed by atoms with Crippen molar-refractivity contribution >= 4 is 11.4 Å². The Morgan fingerprint density at radius 1 is 1.30 bits per heavy atom. The fourth-order valence-electron chi connectivity index (χ4n) is 3.17. The van der Waals surface area contributed by atoms with E-state index in [0.717, 1.165) is 18.5 Å². The third kappa shape index (κ3) is 3.27. The van der Waals surface area contributed by atoms with Crippen LogP contribution in [0.5, 0.6) is 0 Å². The highest BCUT2D eigenvalue weighted by molar-refractivity contribution is 5.59. The van der Waals surface area contributed by atoms with Gasteiger partial charge >= 0.3 is 0 Å². The van der Waals surface area contributed by atoms with Crippen LogP contribution >= 0.6 is 0 Å². The third-order valence-electron chi connectivity index (χ3n) is 3.86. The SMILES string of the molecule is CC1CC(C)CC(Nc2ccc(C#N)c([N+](=O)[O-])c2)C1. The van der Waals surface area contributed by atoms with Gasteiger partial charge in [-0.15, -0.1) is 0 Å². The van der Waals surface area contributed by atoms with Crippen LogP contribution in [0.4, 0.5) is 11.4 Å². The Kier molecular flexibility index (Phi) is 4.23. The summed E-state index contributed by atoms with van der Waals surface area (Å²) in [5.41, 5.74) is 0.697. The predicted molar refractivity (Wildman–Crippen MR) is 77.4 cm³/mol. The summed E-state index contributed by atoms with van der Waals surface area (Å²) in [7, 11) is 0. The Balaban J connectivity index is 2.16. The van der Waals surface area contributed by atoms with Gasteiger partial charge in [-0.2, -0.15) is 5.26 Å². The fraction of sp³-hybridized carbons (Fsp3) is 0.533. The van der Waals surface area contributed by atoms with E-state index in [0.29, 0.717) is 17.9 Å². The molecular formula is C15H19N3O2. The van der Waals surface area contributed by atoms with E-state index in [1.807, 2.05) is 6.07 Å². The Bertz CT molecular complexity index is 541. The number of nitrogens with one attached hydrogen (secondary N) is 1. The van der Waals surface area contributed by atoms with Gasteiger partial charge in [-0.25, -0.2) is 0 Å². The smallest absolute Gasteiger partial charge is 0.289 e. The van der Waals surface area contributed by atoms with Crippen molar-refractivity contribution in [3.63, 3.8) is 0 Å². The molecule has 5 heteroatoms. The Morgan fingerprint density at radius 3 is 2.50 bits per heavy atom. The van der Waals surface area contributed by atoms with Crippen LogP contribution in [0.1, 0.15) is 38.7 Å². The molecule has 0 radical (unpaired) electrons. The minimum absolute atomic E-state index is 0.103. The summed E-state index contributed by atoms with van der Waals surface area (Å²) >= 11 is 0. The Morgan fingerprint density at radius 2 is 1.95 bits per heavy atom. The summed E-state index contributed by atoms with van der Waals surface area (Å²) in [5.74, 6) is 1.34. The highest BCUT2D eigenvalue weighted by Crippen LogP contribution is 2.31. The van der Waals surface area contributed by atoms with Crippen LogP contribution in [0, 0.1) is 33.3 Å². The van der Waals surface area contributed by atoms with Gasteiger partial charge in [-0.1, -0.05) is 13.8 Å². The molecule has 106 valence electrons. The molecule has 1 aromatic carbocycles. The normalized spacial score (nSPS) is 25.8. The van der Waals surface area contributed by atoms with Crippen molar-refractivity contribution in [1.29, 1.82) is 5.26 Å². The van der Waals surface area contributed by atoms with Gasteiger partial charge in [0.05, 0.1) is 4.92 Å². The van der Waals surface area contributed by atoms with Crippen molar-refractivity contribution in [3.05, 3.63) is 33.9 Å². The van der Waals surface area contributed by atoms with Crippen LogP contribution in [0.2, 0.25) is 0 Å². The van der Waals surface area contributed by atoms with Crippen molar-refractivity contribution in [2.75, 3.05) is 5.32 Å². The molecule has 0 heterocycles. The molecule has 1 aliphatic carbocycles. The minimum Gasteiger partial charge on any atom is -0.382 e. The molecule has 1 saturated carbocycles. The molecule has 5 nitrogen and oxygen atoms in total. The summed E-state index contributed by atoms with van der Waals surface area (Å²) in [6.45, 7) is 4.48. The second-order valence-electron chi connectivity index (χ2n) is 5.86. The van der Waals surface area contributed by atoms with Crippen molar-refractivity contribution in [2.24, 2.45) is 11.8 Å². The van der Waals surface area contributed by atoms with Gasteiger partial charge < -0.3 is 5.32 Å². The lowest BCUT2D eigenvalue weighted by Crippen LogP contribution is -2.30. The molecule has 0 spiro atoms. The summed E-state index contributed by atoms with van der Waals surface area (Å²) in [5, 5.41) is 23.2. The zero-order valence-corrected chi connectivity index (χ0v) is 11.8. The molecule has 1 fully saturated rings. The molecule has 0 aromatic heterocycles. The van der Waals surface area contributed by atoms with E-state index >= 15 is 0 Å². The van der Waals surface area contributed by atoms with Crippen LogP contribution in [-0.2, 0) is 0 Å². The van der Waals surface area contributed by atoms with Gasteiger partial charge in [0, 0.05) is 17.8 Å². The molecule has 20 heavy (non-hydrogen) atoms. The number of nitro groups is 1. The zero-order chi connectivity index (χ0) is 14.7. The molecule has 0 amide bonds. The largest absolute Gasteiger partial charge is 0.382 e. The van der Waals surface area contributed by atoms with E-state index in [2.05, 4.69) is 19.2 Å². The van der Waals surface area contributed by atoms with Crippen LogP contribution in [0.3, 0.4) is 0 Å². The second-order valence-corrected chi connectivity index (χ2v) is 5.86. The number of rotatable bonds is 3. The number of hydrogen-bond donors (Lipinski definition) is 1. The van der Waals surface area contributed by atoms with Gasteiger partial charge in [-0.3, -0.25) is 10.1 Å². The van der Waals surface area contributed by atoms with Crippen molar-refractivity contribution in [1.82, 2.24) is 0 Å². The lowest BCUT2D eigenvalue weighted by atomic mass is 9.80. The minimum atomic E-state index is -0.504. The average Bonchev–Trinajstić information content (AvgIpc) is 2.37. The Hall–Kier alpha value is -2.09. The number of nitriles is 1. The maximum absolute atomic E-state index is 11.0. The summed E-state index contributed by atoms with van der Waals surface area (Å²) < 4.78 is 0. The van der Waals surface area contributed by atoms with Gasteiger partial charge in [0.1, 0.15) is 11.6 Å². The quantitative estimate of drug-likeness (QED) is 0.672. The van der Waals surface area contributed by atoms with Crippen LogP contribution < -0.4 is 5.32 Å². The summed E-state index contributed by atoms with van der Waals surface area (Å²) in [6, 6.07) is 6.92. The van der Waals surface area contributed by atoms with Crippen molar-refractivity contribution in [2.45, 2.75) is 39.2 Å². The highest BCUT2D eigenvalue weighted by Gasteiger charge is 2.24. The monoisotopic (exact) mass is 273 g/mol. The van der Waals surface area contributed by atoms with Crippen LogP contribution in [0.15, 0.2) is 18.2 Å². The molecule has 1 aliphatic rings. The zero-order valence-electron chi connectivity index (χ0n) is 11.8. The molecule has 0 bridgehead atoms. The lowest BCUT2D eigenvalue weighted by Gasteiger charge is -2.32. The van der Waals surface area contributed by atoms with Gasteiger partial charge in [0.25, 0.3) is 5.69 Å². The fourth-order valence-corrected chi connectivity index (χ4v) is 3.17. The molecular weight excluding hydrogens is 254 g/mol. The molecule has 2 atom stereocenters. The lowest BCUT2D eigenvalue weighted by molar-refractivity contribution is -0.385. The summed E-state index contributed by atoms with van der Waals surface area (Å²) in [4.78, 5) is 10.5. The first-order valence-corrected chi connectivity index (χ1v) is 6.94. The molecule has 1 aromatic rings. The van der Waals surface area contributed by atoms with Crippen molar-refractivity contribution in [3.8, 4) is 6.07 Å². The second kappa shape index (κ2) is 5.91. The highest BCUT2D eigenvalue weighted by atomic mass is 16.6. The standard InChI is InChI=1S/C15H19N3O2/c1-10-5-11(2)7-14(6-10)17-13-4-3-12(9-16)15(8-13)18(19)20/h3-4,8,10-11,14,17H,5-7H2,1-2H3. The molecule has 1 N–H and O–H groups in total. The number of nitrogens with zero attached hydrogens (tertiary/aromatic N) is 2. The number of nitro benzene ring substituents is 1. The van der Waals surface area contributed by atoms with E-state index in [9.17, 15) is 10.1 Å². The average molecular weight is 273 g/mol. The van der Waals surface area contributed by atoms with Gasteiger partial charge in [0.2, 0.25) is 0 Å². The molecule has 2 unspecified atom stereocenters. The van der Waals surface area contributed by atoms with E-state index in [1.165, 1.54) is 18.6 Å². The first-order chi connectivity index (χ1) is 9.49. The van der Waals surface area contributed by atoms with E-state index in [1.54, 1.807) is 6.07 Å². The predicted octanol–water partition coefficient (Wildman–Crippen LogP) is 3.70. The maximum Gasteiger partial charge on any atom is 0.289 e. The topological polar surface area (TPSA) is 79.0 Å². The number of hydrogen-bond acceptors (Lipinski definition) is 4. The first kappa shape index (κ1) is 14.3. The van der Waals surface area contributed by atoms with Gasteiger partial charge in [0.15, 0.2) is 0 Å². The van der Waals surface area contributed by atoms with E-state index in [-0.39, 0.29) is 11.3 Å². The molecule has 2 rings (SSSR count). The Labute approximate surface area is 118 Å². The summed E-state index contributed by atoms with van der Waals surface area (Å²) in [6.07, 6.45) is 3.40. The van der Waals surface area contributed by atoms with E-state index < -0.39 is 4.92 Å². The number of anilines is 1. The van der Waals surface area contributed by atoms with Gasteiger partial charge in [-0.05, 0) is 43.2 Å². The van der Waals surface area contributed by atoms with Crippen LogP contribution in [0.25, 0.3) is 0 Å².